The van der Waals surface area contributed by atoms with Gasteiger partial charge in [0, 0.05) is 27.1 Å². The molecule has 1 atom stereocenters. The molecule has 110 valence electrons. The van der Waals surface area contributed by atoms with E-state index in [1.54, 1.807) is 7.11 Å². The van der Waals surface area contributed by atoms with E-state index in [0.29, 0.717) is 26.1 Å². The molecular weight excluding hydrogens is 256 g/mol. The number of benzene rings is 1. The first-order valence-electron chi connectivity index (χ1n) is 6.68. The van der Waals surface area contributed by atoms with Crippen molar-refractivity contribution in [1.82, 2.24) is 10.6 Å². The predicted molar refractivity (Wildman–Crippen MR) is 77.0 cm³/mol. The highest BCUT2D eigenvalue weighted by Crippen LogP contribution is 2.05. The Labute approximate surface area is 119 Å². The molecule has 0 radical (unpaired) electrons. The van der Waals surface area contributed by atoms with Crippen molar-refractivity contribution in [1.29, 1.82) is 0 Å². The molecular formula is C15H22N2O3. The van der Waals surface area contributed by atoms with Gasteiger partial charge in [0.05, 0.1) is 12.5 Å². The Morgan fingerprint density at radius 1 is 1.20 bits per heavy atom. The van der Waals surface area contributed by atoms with Gasteiger partial charge in [0.1, 0.15) is 0 Å². The third kappa shape index (κ3) is 6.33. The van der Waals surface area contributed by atoms with Crippen LogP contribution in [-0.4, -0.2) is 32.1 Å². The first-order valence-corrected chi connectivity index (χ1v) is 6.68. The van der Waals surface area contributed by atoms with Crippen LogP contribution in [0.25, 0.3) is 0 Å². The molecule has 0 fully saturated rings. The maximum absolute atomic E-state index is 12.1. The Morgan fingerprint density at radius 3 is 2.50 bits per heavy atom. The Bertz CT molecular complexity index is 420. The first-order chi connectivity index (χ1) is 9.63. The minimum Gasteiger partial charge on any atom is -0.384 e. The zero-order valence-corrected chi connectivity index (χ0v) is 12.0. The molecule has 0 saturated heterocycles. The van der Waals surface area contributed by atoms with Crippen LogP contribution in [0.3, 0.4) is 0 Å². The fraction of sp³-hybridized carbons (Fsp3) is 0.467. The van der Waals surface area contributed by atoms with Crippen molar-refractivity contribution in [2.75, 3.05) is 20.3 Å². The molecule has 1 rings (SSSR count). The van der Waals surface area contributed by atoms with E-state index >= 15 is 0 Å². The average Bonchev–Trinajstić information content (AvgIpc) is 2.44. The lowest BCUT2D eigenvalue weighted by Crippen LogP contribution is -2.35. The number of amides is 2. The Kier molecular flexibility index (Phi) is 7.35. The first kappa shape index (κ1) is 16.2. The van der Waals surface area contributed by atoms with E-state index in [9.17, 15) is 9.59 Å². The molecule has 1 aromatic carbocycles. The van der Waals surface area contributed by atoms with Crippen molar-refractivity contribution in [2.24, 2.45) is 5.92 Å². The summed E-state index contributed by atoms with van der Waals surface area (Å²) >= 11 is 0. The van der Waals surface area contributed by atoms with Crippen LogP contribution >= 0.6 is 0 Å². The number of carbonyl (C=O) groups is 2. The zero-order chi connectivity index (χ0) is 14.8. The van der Waals surface area contributed by atoms with Crippen LogP contribution in [0.1, 0.15) is 18.9 Å². The van der Waals surface area contributed by atoms with E-state index in [-0.39, 0.29) is 17.7 Å². The van der Waals surface area contributed by atoms with Crippen molar-refractivity contribution >= 4 is 11.8 Å². The molecule has 0 aliphatic rings. The molecule has 0 aliphatic carbocycles. The van der Waals surface area contributed by atoms with Crippen molar-refractivity contribution in [3.63, 3.8) is 0 Å². The average molecular weight is 278 g/mol. The molecule has 0 heterocycles. The highest BCUT2D eigenvalue weighted by atomic mass is 16.5. The van der Waals surface area contributed by atoms with E-state index in [4.69, 9.17) is 4.74 Å². The van der Waals surface area contributed by atoms with Gasteiger partial charge in [-0.15, -0.1) is 0 Å². The molecule has 5 heteroatoms. The van der Waals surface area contributed by atoms with Crippen molar-refractivity contribution in [3.05, 3.63) is 35.9 Å². The van der Waals surface area contributed by atoms with Crippen molar-refractivity contribution in [3.8, 4) is 0 Å². The van der Waals surface area contributed by atoms with Crippen LogP contribution in [0.5, 0.6) is 0 Å². The molecule has 0 aliphatic heterocycles. The maximum Gasteiger partial charge on any atom is 0.225 e. The summed E-state index contributed by atoms with van der Waals surface area (Å²) in [7, 11) is 1.57. The second kappa shape index (κ2) is 9.09. The minimum absolute atomic E-state index is 0.0546. The summed E-state index contributed by atoms with van der Waals surface area (Å²) in [4.78, 5) is 22.9. The topological polar surface area (TPSA) is 67.4 Å². The van der Waals surface area contributed by atoms with Crippen molar-refractivity contribution < 1.29 is 14.3 Å². The lowest BCUT2D eigenvalue weighted by atomic mass is 10.1. The Hall–Kier alpha value is -1.88. The fourth-order valence-corrected chi connectivity index (χ4v) is 1.84. The van der Waals surface area contributed by atoms with Gasteiger partial charge in [-0.2, -0.15) is 0 Å². The lowest BCUT2D eigenvalue weighted by molar-refractivity contribution is -0.127. The SMILES string of the molecule is COCC(CCNC(C)=O)C(=O)NCc1ccccc1. The molecule has 0 bridgehead atoms. The van der Waals surface area contributed by atoms with E-state index in [1.807, 2.05) is 30.3 Å². The van der Waals surface area contributed by atoms with Crippen LogP contribution < -0.4 is 10.6 Å². The highest BCUT2D eigenvalue weighted by Gasteiger charge is 2.17. The number of methoxy groups -OCH3 is 1. The Balaban J connectivity index is 2.40. The van der Waals surface area contributed by atoms with Crippen LogP contribution in [0.4, 0.5) is 0 Å². The maximum atomic E-state index is 12.1. The second-order valence-corrected chi connectivity index (χ2v) is 4.63. The van der Waals surface area contributed by atoms with E-state index in [2.05, 4.69) is 10.6 Å². The standard InChI is InChI=1S/C15H22N2O3/c1-12(18)16-9-8-14(11-20-2)15(19)17-10-13-6-4-3-5-7-13/h3-7,14H,8-11H2,1-2H3,(H,16,18)(H,17,19). The van der Waals surface area contributed by atoms with Crippen LogP contribution in [0.15, 0.2) is 30.3 Å². The van der Waals surface area contributed by atoms with Gasteiger partial charge in [-0.3, -0.25) is 9.59 Å². The zero-order valence-electron chi connectivity index (χ0n) is 12.0. The molecule has 5 nitrogen and oxygen atoms in total. The summed E-state index contributed by atoms with van der Waals surface area (Å²) in [5.74, 6) is -0.400. The van der Waals surface area contributed by atoms with E-state index < -0.39 is 0 Å². The van der Waals surface area contributed by atoms with Crippen LogP contribution in [-0.2, 0) is 20.9 Å². The second-order valence-electron chi connectivity index (χ2n) is 4.63. The molecule has 0 aromatic heterocycles. The van der Waals surface area contributed by atoms with E-state index in [0.717, 1.165) is 5.56 Å². The summed E-state index contributed by atoms with van der Waals surface area (Å²) < 4.78 is 5.06. The summed E-state index contributed by atoms with van der Waals surface area (Å²) in [5.41, 5.74) is 1.05. The van der Waals surface area contributed by atoms with Gasteiger partial charge in [-0.05, 0) is 12.0 Å². The number of rotatable bonds is 8. The summed E-state index contributed by atoms with van der Waals surface area (Å²) in [6.07, 6.45) is 0.564. The summed E-state index contributed by atoms with van der Waals surface area (Å²) in [6, 6.07) is 9.73. The molecule has 2 amide bonds. The fourth-order valence-electron chi connectivity index (χ4n) is 1.84. The third-order valence-electron chi connectivity index (χ3n) is 2.91. The summed E-state index contributed by atoms with van der Waals surface area (Å²) in [5, 5.41) is 5.58. The minimum atomic E-state index is -0.254. The molecule has 1 aromatic rings. The number of carbonyl (C=O) groups excluding carboxylic acids is 2. The molecule has 0 spiro atoms. The largest absolute Gasteiger partial charge is 0.384 e. The highest BCUT2D eigenvalue weighted by molar-refractivity contribution is 5.79. The lowest BCUT2D eigenvalue weighted by Gasteiger charge is -2.16. The van der Waals surface area contributed by atoms with Gasteiger partial charge in [0.2, 0.25) is 11.8 Å². The number of hydrogen-bond acceptors (Lipinski definition) is 3. The van der Waals surface area contributed by atoms with Crippen LogP contribution in [0, 0.1) is 5.92 Å². The number of hydrogen-bond donors (Lipinski definition) is 2. The van der Waals surface area contributed by atoms with Gasteiger partial charge in [-0.25, -0.2) is 0 Å². The summed E-state index contributed by atoms with van der Waals surface area (Å²) in [6.45, 7) is 2.78. The normalized spacial score (nSPS) is 11.7. The van der Waals surface area contributed by atoms with Gasteiger partial charge < -0.3 is 15.4 Å². The number of ether oxygens (including phenoxy) is 1. The van der Waals surface area contributed by atoms with E-state index in [1.165, 1.54) is 6.92 Å². The monoisotopic (exact) mass is 278 g/mol. The number of nitrogens with one attached hydrogen (secondary N) is 2. The van der Waals surface area contributed by atoms with Crippen LogP contribution in [0.2, 0.25) is 0 Å². The van der Waals surface area contributed by atoms with Crippen molar-refractivity contribution in [2.45, 2.75) is 19.9 Å². The quantitative estimate of drug-likeness (QED) is 0.748. The van der Waals surface area contributed by atoms with Gasteiger partial charge in [0.25, 0.3) is 0 Å². The predicted octanol–water partition coefficient (Wildman–Crippen LogP) is 1.09. The Morgan fingerprint density at radius 2 is 1.90 bits per heavy atom. The van der Waals surface area contributed by atoms with Gasteiger partial charge in [0.15, 0.2) is 0 Å². The van der Waals surface area contributed by atoms with Gasteiger partial charge >= 0.3 is 0 Å². The van der Waals surface area contributed by atoms with Gasteiger partial charge in [-0.1, -0.05) is 30.3 Å². The molecule has 0 saturated carbocycles. The third-order valence-corrected chi connectivity index (χ3v) is 2.91. The smallest absolute Gasteiger partial charge is 0.225 e. The molecule has 1 unspecified atom stereocenters. The molecule has 2 N–H and O–H groups in total. The molecule has 20 heavy (non-hydrogen) atoms.